The third-order valence-corrected chi connectivity index (χ3v) is 15.7. The predicted molar refractivity (Wildman–Crippen MR) is 264 cm³/mol. The van der Waals surface area contributed by atoms with Crippen molar-refractivity contribution in [3.8, 4) is 0 Å². The van der Waals surface area contributed by atoms with E-state index in [4.69, 9.17) is 61.6 Å². The van der Waals surface area contributed by atoms with Crippen LogP contribution in [0.15, 0.2) is 0 Å². The van der Waals surface area contributed by atoms with Crippen LogP contribution in [0.25, 0.3) is 0 Å². The third kappa shape index (κ3) is 15.3. The summed E-state index contributed by atoms with van der Waals surface area (Å²) in [7, 11) is 0. The van der Waals surface area contributed by atoms with Gasteiger partial charge in [-0.3, -0.25) is 14.4 Å². The Kier molecular flexibility index (Phi) is 24.5. The van der Waals surface area contributed by atoms with Crippen LogP contribution in [0.5, 0.6) is 0 Å². The molecule has 0 aromatic carbocycles. The molecule has 0 aromatic rings. The van der Waals surface area contributed by atoms with Gasteiger partial charge in [0, 0.05) is 20.8 Å². The highest BCUT2D eigenvalue weighted by atomic mass is 16.8. The maximum atomic E-state index is 12.8. The molecular weight excluding hydrogens is 1160 g/mol. The molecule has 7 aliphatic rings. The molecule has 0 unspecified atom stereocenters. The van der Waals surface area contributed by atoms with Gasteiger partial charge in [-0.15, -0.1) is 0 Å². The normalized spacial score (nSPS) is 49.8. The summed E-state index contributed by atoms with van der Waals surface area (Å²) in [4.78, 5) is 37.7. The Morgan fingerprint density at radius 1 is 0.329 bits per heavy atom. The summed E-state index contributed by atoms with van der Waals surface area (Å²) in [5.41, 5.74) is 0. The Labute approximate surface area is 483 Å². The van der Waals surface area contributed by atoms with Crippen LogP contribution < -0.4 is 16.0 Å². The summed E-state index contributed by atoms with van der Waals surface area (Å²) in [5, 5.41) is 204. The van der Waals surface area contributed by atoms with Gasteiger partial charge in [0.2, 0.25) is 17.7 Å². The Morgan fingerprint density at radius 3 is 1.28 bits per heavy atom. The Hall–Kier alpha value is -2.83. The second-order valence-electron chi connectivity index (χ2n) is 21.8. The standard InChI is InChI=1S/C48H81N3O34/c1-11-24(59)31(66)34(69)45(74-11)73-10-20-38(29(64)21(42(72)76-20)49-13(3)56)81-43-22(50-14(4)57)30(65)37(19(9-55)80-43)82-47-36(71)40(28(63)18(8-54)78-47)84-48-41(33(68)26(61)16(6-52)79-48)85-44-23(51-15(5)58)39(27(62)17(7-53)77-44)83-46-35(70)32(67)25(60)12(2)75-46/h11-12,16-48,52-55,59-72H,6-10H2,1-5H3,(H,49,56)(H,50,57)(H,51,58)/t11-,12-,16+,17+,18+,19+,20+,21+,22+,23+,24+,25+,26+,27+,28+,29+,30+,31+,32+,33-,34-,35-,36-,37+,38+,39+,40-,41-,42+,43-,44-,45+,46-,47-,48+/m0/s1. The Morgan fingerprint density at radius 2 is 0.718 bits per heavy atom. The number of aliphatic hydroxyl groups excluding tert-OH is 18. The maximum Gasteiger partial charge on any atom is 0.217 e. The summed E-state index contributed by atoms with van der Waals surface area (Å²) < 4.78 is 75.9. The quantitative estimate of drug-likeness (QED) is 0.0538. The van der Waals surface area contributed by atoms with Gasteiger partial charge in [-0.2, -0.15) is 0 Å². The van der Waals surface area contributed by atoms with Gasteiger partial charge in [0.05, 0.1) is 45.2 Å². The molecule has 0 saturated carbocycles. The molecule has 0 radical (unpaired) electrons. The Bertz CT molecular complexity index is 2150. The molecule has 35 atom stereocenters. The number of amides is 3. The molecule has 0 spiro atoms. The van der Waals surface area contributed by atoms with E-state index in [1.165, 1.54) is 13.8 Å². The smallest absolute Gasteiger partial charge is 0.217 e. The van der Waals surface area contributed by atoms with E-state index in [0.717, 1.165) is 20.8 Å². The van der Waals surface area contributed by atoms with Crippen molar-refractivity contribution in [3.05, 3.63) is 0 Å². The molecule has 21 N–H and O–H groups in total. The SMILES string of the molecule is CC(=O)N[C@@H]1[C@@H](O)[C@H](O[C@@H]2O[C@H](CO)[C@@H](O[C@@H]3O[C@H](CO)[C@@H](O)[C@H](O[C@H]4O[C@H](CO)[C@@H](O)[C@H](O)[C@@H]4O[C@@H]4O[C@H](CO)[C@@H](O)[C@H](O[C@@H]5O[C@@H](C)[C@@H](O)[C@@H](O)[C@@H]5O)[C@H]4NC(C)=O)[C@@H]3O)[C@H](O)[C@H]2NC(C)=O)[C@@H](CO[C@@H]2O[C@@H](C)[C@@H](O)[C@@H](O)[C@@H]2O)O[C@H]1O. The van der Waals surface area contributed by atoms with E-state index in [-0.39, 0.29) is 0 Å². The maximum absolute atomic E-state index is 12.8. The van der Waals surface area contributed by atoms with Crippen molar-refractivity contribution in [1.82, 2.24) is 16.0 Å². The number of nitrogens with one attached hydrogen (secondary N) is 3. The monoisotopic (exact) mass is 1240 g/mol. The van der Waals surface area contributed by atoms with Crippen LogP contribution in [0.1, 0.15) is 34.6 Å². The number of aliphatic hydroxyl groups is 18. The number of hydrogen-bond donors (Lipinski definition) is 21. The van der Waals surface area contributed by atoms with Crippen LogP contribution in [0.2, 0.25) is 0 Å². The highest BCUT2D eigenvalue weighted by Gasteiger charge is 2.59. The average molecular weight is 1240 g/mol. The number of hydrogen-bond acceptors (Lipinski definition) is 34. The van der Waals surface area contributed by atoms with Crippen LogP contribution in [-0.2, 0) is 76.0 Å². The number of rotatable bonds is 20. The number of ether oxygens (including phenoxy) is 13. The molecule has 85 heavy (non-hydrogen) atoms. The number of carbonyl (C=O) groups excluding carboxylic acids is 3. The van der Waals surface area contributed by atoms with Crippen molar-refractivity contribution in [2.75, 3.05) is 33.0 Å². The largest absolute Gasteiger partial charge is 0.394 e. The van der Waals surface area contributed by atoms with Crippen molar-refractivity contribution in [2.24, 2.45) is 0 Å². The van der Waals surface area contributed by atoms with Crippen molar-refractivity contribution in [1.29, 1.82) is 0 Å². The molecule has 7 fully saturated rings. The first kappa shape index (κ1) is 69.6. The molecule has 0 bridgehead atoms. The summed E-state index contributed by atoms with van der Waals surface area (Å²) in [5.74, 6) is -2.47. The first-order valence-electron chi connectivity index (χ1n) is 27.3. The van der Waals surface area contributed by atoms with Crippen molar-refractivity contribution in [3.63, 3.8) is 0 Å². The molecule has 492 valence electrons. The zero-order chi connectivity index (χ0) is 62.8. The van der Waals surface area contributed by atoms with Crippen LogP contribution in [0.3, 0.4) is 0 Å². The molecule has 3 amide bonds. The molecule has 7 heterocycles. The van der Waals surface area contributed by atoms with E-state index >= 15 is 0 Å². The highest BCUT2D eigenvalue weighted by molar-refractivity contribution is 5.74. The molecule has 7 aliphatic heterocycles. The average Bonchev–Trinajstić information content (AvgIpc) is 1.72. The summed E-state index contributed by atoms with van der Waals surface area (Å²) in [6, 6.07) is -5.19. The minimum absolute atomic E-state index is 0.744. The topological polar surface area (TPSA) is 571 Å². The first-order chi connectivity index (χ1) is 40.1. The van der Waals surface area contributed by atoms with Gasteiger partial charge in [-0.25, -0.2) is 0 Å². The minimum atomic E-state index is -2.31. The van der Waals surface area contributed by atoms with Gasteiger partial charge in [0.1, 0.15) is 159 Å². The molecule has 0 aromatic heterocycles. The summed E-state index contributed by atoms with van der Waals surface area (Å²) in [6.07, 6.45) is -59.6. The Balaban J connectivity index is 1.13. The fourth-order valence-electron chi connectivity index (χ4n) is 11.0. The minimum Gasteiger partial charge on any atom is -0.394 e. The van der Waals surface area contributed by atoms with Gasteiger partial charge in [0.25, 0.3) is 0 Å². The first-order valence-corrected chi connectivity index (χ1v) is 27.3. The molecule has 0 aliphatic carbocycles. The summed E-state index contributed by atoms with van der Waals surface area (Å²) in [6.45, 7) is 0.805. The van der Waals surface area contributed by atoms with Crippen molar-refractivity contribution in [2.45, 2.75) is 249 Å². The van der Waals surface area contributed by atoms with Gasteiger partial charge in [-0.05, 0) is 13.8 Å². The van der Waals surface area contributed by atoms with E-state index in [9.17, 15) is 106 Å². The van der Waals surface area contributed by atoms with E-state index < -0.39 is 266 Å². The number of carbonyl (C=O) groups is 3. The molecular formula is C48H81N3O34. The van der Waals surface area contributed by atoms with Crippen molar-refractivity contribution >= 4 is 17.7 Å². The lowest BCUT2D eigenvalue weighted by Gasteiger charge is -2.51. The molecule has 7 rings (SSSR count). The lowest BCUT2D eigenvalue weighted by atomic mass is 9.93. The molecule has 7 saturated heterocycles. The lowest BCUT2D eigenvalue weighted by Crippen LogP contribution is -2.71. The summed E-state index contributed by atoms with van der Waals surface area (Å²) >= 11 is 0. The zero-order valence-corrected chi connectivity index (χ0v) is 46.3. The third-order valence-electron chi connectivity index (χ3n) is 15.7. The van der Waals surface area contributed by atoms with E-state index in [1.807, 2.05) is 0 Å². The van der Waals surface area contributed by atoms with Crippen LogP contribution in [0.4, 0.5) is 0 Å². The van der Waals surface area contributed by atoms with Gasteiger partial charge >= 0.3 is 0 Å². The van der Waals surface area contributed by atoms with Crippen LogP contribution in [-0.4, -0.2) is 357 Å². The van der Waals surface area contributed by atoms with Gasteiger partial charge in [0.15, 0.2) is 44.0 Å². The van der Waals surface area contributed by atoms with E-state index in [2.05, 4.69) is 16.0 Å². The zero-order valence-electron chi connectivity index (χ0n) is 46.3. The van der Waals surface area contributed by atoms with Gasteiger partial charge in [-0.1, -0.05) is 0 Å². The molecule has 37 heteroatoms. The van der Waals surface area contributed by atoms with Crippen molar-refractivity contribution < 1.29 is 168 Å². The molecule has 37 nitrogen and oxygen atoms in total. The second-order valence-corrected chi connectivity index (χ2v) is 21.8. The fourth-order valence-corrected chi connectivity index (χ4v) is 11.0. The van der Waals surface area contributed by atoms with Crippen LogP contribution in [0, 0.1) is 0 Å². The van der Waals surface area contributed by atoms with Crippen LogP contribution >= 0.6 is 0 Å². The fraction of sp³-hybridized carbons (Fsp3) is 0.938. The highest BCUT2D eigenvalue weighted by Crippen LogP contribution is 2.38. The second kappa shape index (κ2) is 29.9. The lowest BCUT2D eigenvalue weighted by molar-refractivity contribution is -0.395. The predicted octanol–water partition coefficient (Wildman–Crippen LogP) is -13.8. The van der Waals surface area contributed by atoms with Gasteiger partial charge < -0.3 is 169 Å². The van der Waals surface area contributed by atoms with E-state index in [0.29, 0.717) is 0 Å². The van der Waals surface area contributed by atoms with E-state index in [1.54, 1.807) is 0 Å².